The lowest BCUT2D eigenvalue weighted by Crippen LogP contribution is -2.32. The number of fused-ring (bicyclic) bond motifs is 4. The van der Waals surface area contributed by atoms with Gasteiger partial charge in [-0.05, 0) is 47.4 Å². The maximum absolute atomic E-state index is 5.86. The Morgan fingerprint density at radius 1 is 0.857 bits per heavy atom. The van der Waals surface area contributed by atoms with Crippen molar-refractivity contribution >= 4 is 33.8 Å². The molecule has 1 nitrogen and oxygen atoms in total. The van der Waals surface area contributed by atoms with Crippen molar-refractivity contribution in [1.82, 2.24) is 4.98 Å². The third kappa shape index (κ3) is 3.63. The number of rotatable bonds is 4. The molecule has 0 saturated heterocycles. The van der Waals surface area contributed by atoms with Crippen LogP contribution in [0, 0.1) is 12.3 Å². The van der Waals surface area contributed by atoms with Gasteiger partial charge in [-0.2, -0.15) is 0 Å². The van der Waals surface area contributed by atoms with Crippen molar-refractivity contribution in [2.45, 2.75) is 32.1 Å². The average molecular weight is 450 g/mol. The molecule has 1 atom stereocenters. The minimum absolute atomic E-state index is 0.252. The summed E-state index contributed by atoms with van der Waals surface area (Å²) in [5.74, 6) is 3.14. The van der Waals surface area contributed by atoms with E-state index >= 15 is 0 Å². The molecule has 1 aliphatic rings. The van der Waals surface area contributed by atoms with Crippen molar-refractivity contribution in [3.05, 3.63) is 112 Å². The minimum Gasteiger partial charge on any atom is -0.247 e. The Bertz CT molecular complexity index is 1750. The van der Waals surface area contributed by atoms with Gasteiger partial charge >= 0.3 is 0 Å². The molecule has 35 heavy (non-hydrogen) atoms. The molecule has 0 saturated carbocycles. The first kappa shape index (κ1) is 21.4. The standard InChI is InChI=1S/C34H27N/c1-3-23-12-5-7-16-28(23)27(4-2)25-14-11-15-26(22-25)33-30-18-9-10-19-32(30)35-34-29-17-8-6-13-24(29)20-21-31(33)34/h1,5-8,11-22,27H,4,9-10H2,2H3. The zero-order chi connectivity index (χ0) is 23.8. The molecular formula is C34H27N. The van der Waals surface area contributed by atoms with Crippen LogP contribution in [0.15, 0.2) is 84.9 Å². The van der Waals surface area contributed by atoms with E-state index in [4.69, 9.17) is 11.4 Å². The molecule has 1 heteroatoms. The number of pyridine rings is 1. The highest BCUT2D eigenvalue weighted by molar-refractivity contribution is 6.10. The maximum atomic E-state index is 5.86. The number of terminal acetylenes is 1. The average Bonchev–Trinajstić information content (AvgIpc) is 2.92. The van der Waals surface area contributed by atoms with E-state index < -0.39 is 0 Å². The maximum Gasteiger partial charge on any atom is 0.0794 e. The lowest BCUT2D eigenvalue weighted by atomic mass is 9.84. The fourth-order valence-electron chi connectivity index (χ4n) is 5.63. The van der Waals surface area contributed by atoms with Gasteiger partial charge < -0.3 is 0 Å². The van der Waals surface area contributed by atoms with Crippen molar-refractivity contribution in [3.63, 3.8) is 0 Å². The summed E-state index contributed by atoms with van der Waals surface area (Å²) in [5, 5.41) is 6.00. The lowest BCUT2D eigenvalue weighted by Gasteiger charge is -2.20. The van der Waals surface area contributed by atoms with Crippen LogP contribution in [0.3, 0.4) is 0 Å². The van der Waals surface area contributed by atoms with Gasteiger partial charge in [-0.3, -0.25) is 0 Å². The molecule has 1 heterocycles. The Morgan fingerprint density at radius 2 is 1.69 bits per heavy atom. The van der Waals surface area contributed by atoms with Crippen LogP contribution >= 0.6 is 0 Å². The van der Waals surface area contributed by atoms with E-state index in [9.17, 15) is 0 Å². The highest BCUT2D eigenvalue weighted by atomic mass is 14.7. The summed E-state index contributed by atoms with van der Waals surface area (Å²) in [5.41, 5.74) is 7.11. The molecule has 0 amide bonds. The Labute approximate surface area is 206 Å². The molecule has 0 N–H and O–H groups in total. The predicted molar refractivity (Wildman–Crippen MR) is 149 cm³/mol. The van der Waals surface area contributed by atoms with Crippen LogP contribution in [0.25, 0.3) is 45.0 Å². The zero-order valence-electron chi connectivity index (χ0n) is 20.0. The molecule has 1 aromatic heterocycles. The Kier molecular flexibility index (Phi) is 5.44. The number of nitrogens with zero attached hydrogens (tertiary/aromatic N) is 1. The Morgan fingerprint density at radius 3 is 2.57 bits per heavy atom. The molecule has 6 rings (SSSR count). The summed E-state index contributed by atoms with van der Waals surface area (Å²) < 4.78 is 0. The van der Waals surface area contributed by atoms with Gasteiger partial charge in [0.05, 0.1) is 10.9 Å². The van der Waals surface area contributed by atoms with E-state index in [0.717, 1.165) is 35.7 Å². The van der Waals surface area contributed by atoms with Crippen LogP contribution in [-0.4, -0.2) is 4.98 Å². The number of benzene rings is 4. The molecule has 0 spiro atoms. The third-order valence-corrected chi connectivity index (χ3v) is 7.28. The highest BCUT2D eigenvalue weighted by Crippen LogP contribution is 2.34. The lowest BCUT2D eigenvalue weighted by molar-refractivity contribution is 0.775. The van der Waals surface area contributed by atoms with Gasteiger partial charge in [0, 0.05) is 33.0 Å². The van der Waals surface area contributed by atoms with Crippen molar-refractivity contribution in [2.24, 2.45) is 0 Å². The second-order valence-corrected chi connectivity index (χ2v) is 9.27. The van der Waals surface area contributed by atoms with Crippen LogP contribution < -0.4 is 10.6 Å². The van der Waals surface area contributed by atoms with Crippen molar-refractivity contribution in [1.29, 1.82) is 0 Å². The molecule has 0 aliphatic heterocycles. The molecule has 5 aromatic rings. The monoisotopic (exact) mass is 449 g/mol. The van der Waals surface area contributed by atoms with Gasteiger partial charge in [-0.25, -0.2) is 4.98 Å². The second kappa shape index (κ2) is 8.90. The van der Waals surface area contributed by atoms with Gasteiger partial charge in [0.25, 0.3) is 0 Å². The molecular weight excluding hydrogens is 422 g/mol. The molecule has 168 valence electrons. The minimum atomic E-state index is 0.252. The summed E-state index contributed by atoms with van der Waals surface area (Å²) in [6.07, 6.45) is 13.6. The van der Waals surface area contributed by atoms with E-state index in [2.05, 4.69) is 97.8 Å². The van der Waals surface area contributed by atoms with Crippen LogP contribution in [0.5, 0.6) is 0 Å². The van der Waals surface area contributed by atoms with E-state index in [1.54, 1.807) is 0 Å². The Balaban J connectivity index is 1.63. The summed E-state index contributed by atoms with van der Waals surface area (Å²) >= 11 is 0. The van der Waals surface area contributed by atoms with E-state index in [-0.39, 0.29) is 5.92 Å². The quantitative estimate of drug-likeness (QED) is 0.214. The number of hydrogen-bond donors (Lipinski definition) is 0. The fourth-order valence-corrected chi connectivity index (χ4v) is 5.63. The molecule has 0 radical (unpaired) electrons. The summed E-state index contributed by atoms with van der Waals surface area (Å²) in [6, 6.07) is 30.4. The molecule has 1 aliphatic carbocycles. The van der Waals surface area contributed by atoms with Crippen LogP contribution in [0.1, 0.15) is 48.8 Å². The van der Waals surface area contributed by atoms with Crippen molar-refractivity contribution < 1.29 is 0 Å². The number of aromatic nitrogens is 1. The first-order valence-corrected chi connectivity index (χ1v) is 12.5. The fraction of sp³-hybridized carbons (Fsp3) is 0.147. The van der Waals surface area contributed by atoms with Gasteiger partial charge in [0.15, 0.2) is 0 Å². The van der Waals surface area contributed by atoms with Crippen LogP contribution in [0.2, 0.25) is 0 Å². The van der Waals surface area contributed by atoms with Crippen molar-refractivity contribution in [3.8, 4) is 23.5 Å². The first-order valence-electron chi connectivity index (χ1n) is 12.5. The van der Waals surface area contributed by atoms with Crippen molar-refractivity contribution in [2.75, 3.05) is 0 Å². The van der Waals surface area contributed by atoms with Crippen LogP contribution in [-0.2, 0) is 0 Å². The topological polar surface area (TPSA) is 12.9 Å². The first-order chi connectivity index (χ1) is 17.3. The number of hydrogen-bond acceptors (Lipinski definition) is 1. The van der Waals surface area contributed by atoms with E-state index in [1.165, 1.54) is 43.6 Å². The van der Waals surface area contributed by atoms with E-state index in [1.807, 2.05) is 12.1 Å². The van der Waals surface area contributed by atoms with Crippen LogP contribution in [0.4, 0.5) is 0 Å². The normalized spacial score (nSPS) is 13.5. The zero-order valence-corrected chi connectivity index (χ0v) is 20.0. The van der Waals surface area contributed by atoms with Gasteiger partial charge in [-0.1, -0.05) is 104 Å². The highest BCUT2D eigenvalue weighted by Gasteiger charge is 2.18. The largest absolute Gasteiger partial charge is 0.247 e. The van der Waals surface area contributed by atoms with Gasteiger partial charge in [0.1, 0.15) is 0 Å². The molecule has 0 bridgehead atoms. The summed E-state index contributed by atoms with van der Waals surface area (Å²) in [4.78, 5) is 5.17. The second-order valence-electron chi connectivity index (χ2n) is 9.27. The molecule has 4 aromatic carbocycles. The SMILES string of the molecule is C#Cc1ccccc1C(CC)c1cccc(-c2c3c(nc4c2ccc2ccccc24)=CCCC=3)c1. The van der Waals surface area contributed by atoms with Gasteiger partial charge in [0.2, 0.25) is 0 Å². The summed E-state index contributed by atoms with van der Waals surface area (Å²) in [6.45, 7) is 2.24. The summed E-state index contributed by atoms with van der Waals surface area (Å²) in [7, 11) is 0. The predicted octanol–water partition coefficient (Wildman–Crippen LogP) is 6.93. The Hall–Kier alpha value is -4.15. The van der Waals surface area contributed by atoms with E-state index in [0.29, 0.717) is 0 Å². The third-order valence-electron chi connectivity index (χ3n) is 7.28. The molecule has 1 unspecified atom stereocenters. The smallest absolute Gasteiger partial charge is 0.0794 e. The molecule has 0 fully saturated rings. The van der Waals surface area contributed by atoms with Gasteiger partial charge in [-0.15, -0.1) is 6.42 Å².